The molecule has 1 aliphatic rings. The summed E-state index contributed by atoms with van der Waals surface area (Å²) in [6, 6.07) is 22.1. The normalized spacial score (nSPS) is 14.7. The maximum Gasteiger partial charge on any atom is 0.293 e. The molecule has 0 radical (unpaired) electrons. The highest BCUT2D eigenvalue weighted by Crippen LogP contribution is 2.38. The topological polar surface area (TPSA) is 46.6 Å². The minimum absolute atomic E-state index is 0.141. The van der Waals surface area contributed by atoms with Gasteiger partial charge in [0.15, 0.2) is 5.75 Å². The molecule has 4 aromatic rings. The number of hydrogen-bond acceptors (Lipinski definition) is 4. The average molecular weight is 589 g/mol. The summed E-state index contributed by atoms with van der Waals surface area (Å²) in [5.41, 5.74) is 2.19. The lowest BCUT2D eigenvalue weighted by molar-refractivity contribution is -0.123. The van der Waals surface area contributed by atoms with Crippen molar-refractivity contribution in [3.8, 4) is 5.75 Å². The number of benzene rings is 4. The molecule has 0 spiro atoms. The highest BCUT2D eigenvalue weighted by molar-refractivity contribution is 8.18. The quantitative estimate of drug-likeness (QED) is 0.211. The molecule has 2 amide bonds. The summed E-state index contributed by atoms with van der Waals surface area (Å²) < 4.78 is 5.81. The molecule has 4 aromatic carbocycles. The minimum atomic E-state index is -0.368. The number of carbonyl (C=O) groups excluding carboxylic acids is 2. The first-order valence-corrected chi connectivity index (χ1v) is 13.4. The Morgan fingerprint density at radius 1 is 0.811 bits per heavy atom. The van der Waals surface area contributed by atoms with Crippen LogP contribution in [0.1, 0.15) is 16.7 Å². The monoisotopic (exact) mass is 587 g/mol. The van der Waals surface area contributed by atoms with Crippen LogP contribution in [0.3, 0.4) is 0 Å². The van der Waals surface area contributed by atoms with E-state index in [0.29, 0.717) is 20.5 Å². The van der Waals surface area contributed by atoms with Gasteiger partial charge in [-0.1, -0.05) is 94.9 Å². The Kier molecular flexibility index (Phi) is 7.70. The van der Waals surface area contributed by atoms with Crippen LogP contribution in [-0.4, -0.2) is 16.0 Å². The zero-order chi connectivity index (χ0) is 26.1. The number of nitrogens with zero attached hydrogens (tertiary/aromatic N) is 1. The first kappa shape index (κ1) is 26.0. The molecule has 9 heteroatoms. The fraction of sp³-hybridized carbons (Fsp3) is 0.0714. The Labute approximate surface area is 237 Å². The van der Waals surface area contributed by atoms with E-state index in [9.17, 15) is 9.59 Å². The largest absolute Gasteiger partial charge is 0.486 e. The van der Waals surface area contributed by atoms with E-state index in [2.05, 4.69) is 0 Å². The summed E-state index contributed by atoms with van der Waals surface area (Å²) in [5, 5.41) is 3.24. The second-order valence-corrected chi connectivity index (χ2v) is 10.9. The highest BCUT2D eigenvalue weighted by Gasteiger charge is 2.35. The number of carbonyl (C=O) groups is 2. The zero-order valence-electron chi connectivity index (χ0n) is 19.0. The molecule has 1 fully saturated rings. The van der Waals surface area contributed by atoms with Crippen LogP contribution in [0, 0.1) is 0 Å². The van der Waals surface area contributed by atoms with Crippen LogP contribution < -0.4 is 4.74 Å². The number of amides is 2. The molecule has 37 heavy (non-hydrogen) atoms. The van der Waals surface area contributed by atoms with Crippen LogP contribution in [0.25, 0.3) is 16.8 Å². The third kappa shape index (κ3) is 5.62. The van der Waals surface area contributed by atoms with Crippen LogP contribution in [0.2, 0.25) is 20.1 Å². The molecule has 1 saturated heterocycles. The Morgan fingerprint density at radius 3 is 2.30 bits per heavy atom. The summed E-state index contributed by atoms with van der Waals surface area (Å²) >= 11 is 25.9. The maximum atomic E-state index is 13.1. The average Bonchev–Trinajstić information content (AvgIpc) is 3.12. The van der Waals surface area contributed by atoms with Gasteiger partial charge >= 0.3 is 0 Å². The van der Waals surface area contributed by atoms with Crippen molar-refractivity contribution in [3.63, 3.8) is 0 Å². The predicted molar refractivity (Wildman–Crippen MR) is 153 cm³/mol. The third-order valence-electron chi connectivity index (χ3n) is 5.79. The molecule has 0 N–H and O–H groups in total. The molecule has 5 rings (SSSR count). The molecule has 0 aliphatic carbocycles. The van der Waals surface area contributed by atoms with Crippen LogP contribution >= 0.6 is 58.2 Å². The molecule has 1 aliphatic heterocycles. The van der Waals surface area contributed by atoms with Crippen LogP contribution in [-0.2, 0) is 17.9 Å². The van der Waals surface area contributed by atoms with Gasteiger partial charge in [-0.15, -0.1) is 0 Å². The van der Waals surface area contributed by atoms with Gasteiger partial charge < -0.3 is 4.74 Å². The number of fused-ring (bicyclic) bond motifs is 1. The minimum Gasteiger partial charge on any atom is -0.486 e. The van der Waals surface area contributed by atoms with E-state index in [-0.39, 0.29) is 40.1 Å². The first-order valence-electron chi connectivity index (χ1n) is 11.1. The summed E-state index contributed by atoms with van der Waals surface area (Å²) in [7, 11) is 0. The molecule has 1 heterocycles. The summed E-state index contributed by atoms with van der Waals surface area (Å²) in [5.74, 6) is -0.0801. The molecule has 0 atom stereocenters. The molecule has 0 aromatic heterocycles. The van der Waals surface area contributed by atoms with E-state index in [1.165, 1.54) is 4.90 Å². The van der Waals surface area contributed by atoms with E-state index < -0.39 is 0 Å². The molecular weight excluding hydrogens is 572 g/mol. The molecule has 0 unspecified atom stereocenters. The van der Waals surface area contributed by atoms with Gasteiger partial charge in [-0.25, -0.2) is 0 Å². The van der Waals surface area contributed by atoms with Gasteiger partial charge in [0.2, 0.25) is 0 Å². The van der Waals surface area contributed by atoms with Gasteiger partial charge in [-0.2, -0.15) is 0 Å². The SMILES string of the molecule is O=C1S/C(=C\c2cc(Cl)c(OCc3ccc(Cl)cc3Cl)c(Cl)c2)C(=O)N1Cc1cccc2ccccc12. The number of hydrogen-bond donors (Lipinski definition) is 0. The van der Waals surface area contributed by atoms with Crippen molar-refractivity contribution in [1.29, 1.82) is 0 Å². The summed E-state index contributed by atoms with van der Waals surface area (Å²) in [4.78, 5) is 27.4. The van der Waals surface area contributed by atoms with Crippen molar-refractivity contribution in [2.75, 3.05) is 0 Å². The third-order valence-corrected chi connectivity index (χ3v) is 7.84. The van der Waals surface area contributed by atoms with Gasteiger partial charge in [0.1, 0.15) is 6.61 Å². The van der Waals surface area contributed by atoms with Crippen molar-refractivity contribution in [2.24, 2.45) is 0 Å². The Hall–Kier alpha value is -2.67. The van der Waals surface area contributed by atoms with E-state index in [1.54, 1.807) is 36.4 Å². The van der Waals surface area contributed by atoms with Gasteiger partial charge in [-0.3, -0.25) is 14.5 Å². The fourth-order valence-corrected chi connectivity index (χ4v) is 5.89. The van der Waals surface area contributed by atoms with Crippen molar-refractivity contribution in [2.45, 2.75) is 13.2 Å². The van der Waals surface area contributed by atoms with Crippen molar-refractivity contribution in [1.82, 2.24) is 4.90 Å². The number of halogens is 4. The van der Waals surface area contributed by atoms with Crippen molar-refractivity contribution >= 4 is 86.2 Å². The summed E-state index contributed by atoms with van der Waals surface area (Å²) in [6.07, 6.45) is 1.60. The molecule has 0 bridgehead atoms. The van der Waals surface area contributed by atoms with E-state index in [4.69, 9.17) is 51.1 Å². The van der Waals surface area contributed by atoms with Gasteiger partial charge in [0.25, 0.3) is 11.1 Å². The van der Waals surface area contributed by atoms with E-state index in [1.807, 2.05) is 42.5 Å². The summed E-state index contributed by atoms with van der Waals surface area (Å²) in [6.45, 7) is 0.326. The number of ether oxygens (including phenoxy) is 1. The smallest absolute Gasteiger partial charge is 0.293 e. The Bertz CT molecular complexity index is 1560. The number of thioether (sulfide) groups is 1. The number of imide groups is 1. The van der Waals surface area contributed by atoms with Gasteiger partial charge in [0.05, 0.1) is 21.5 Å². The van der Waals surface area contributed by atoms with E-state index >= 15 is 0 Å². The lowest BCUT2D eigenvalue weighted by Gasteiger charge is -2.14. The lowest BCUT2D eigenvalue weighted by atomic mass is 10.0. The first-order chi connectivity index (χ1) is 17.8. The highest BCUT2D eigenvalue weighted by atomic mass is 35.5. The molecule has 0 saturated carbocycles. The molecule has 186 valence electrons. The van der Waals surface area contributed by atoms with Gasteiger partial charge in [-0.05, 0) is 64.0 Å². The van der Waals surface area contributed by atoms with Crippen molar-refractivity contribution in [3.05, 3.63) is 114 Å². The predicted octanol–water partition coefficient (Wildman–Crippen LogP) is 9.27. The van der Waals surface area contributed by atoms with Crippen molar-refractivity contribution < 1.29 is 14.3 Å². The fourth-order valence-electron chi connectivity index (χ4n) is 3.98. The van der Waals surface area contributed by atoms with Crippen LogP contribution in [0.4, 0.5) is 4.79 Å². The van der Waals surface area contributed by atoms with Gasteiger partial charge in [0, 0.05) is 15.6 Å². The standard InChI is InChI=1S/C28H17Cl4NO3S/c29-20-9-8-19(22(30)13-20)15-36-26-23(31)10-16(11-24(26)32)12-25-27(34)33(28(35)37-25)14-18-6-3-5-17-4-1-2-7-21(17)18/h1-13H,14-15H2/b25-12-. The van der Waals surface area contributed by atoms with Crippen LogP contribution in [0.5, 0.6) is 5.75 Å². The lowest BCUT2D eigenvalue weighted by Crippen LogP contribution is -2.27. The Balaban J connectivity index is 1.34. The molecular formula is C28H17Cl4NO3S. The van der Waals surface area contributed by atoms with Crippen LogP contribution in [0.15, 0.2) is 77.7 Å². The Morgan fingerprint density at radius 2 is 1.54 bits per heavy atom. The van der Waals surface area contributed by atoms with E-state index in [0.717, 1.165) is 33.7 Å². The second kappa shape index (κ2) is 11.0. The second-order valence-electron chi connectivity index (χ2n) is 8.24. The number of rotatable bonds is 6. The maximum absolute atomic E-state index is 13.1. The molecule has 4 nitrogen and oxygen atoms in total. The zero-order valence-corrected chi connectivity index (χ0v) is 22.9.